The molecule has 10 heteroatoms. The molecule has 0 aliphatic heterocycles. The molecule has 9 nitrogen and oxygen atoms in total. The van der Waals surface area contributed by atoms with Gasteiger partial charge in [-0.2, -0.15) is 0 Å². The van der Waals surface area contributed by atoms with Gasteiger partial charge in [0, 0.05) is 35.5 Å². The van der Waals surface area contributed by atoms with E-state index in [1.54, 1.807) is 24.3 Å². The second-order valence-electron chi connectivity index (χ2n) is 6.59. The third-order valence-electron chi connectivity index (χ3n) is 3.97. The van der Waals surface area contributed by atoms with E-state index in [0.717, 1.165) is 13.0 Å². The summed E-state index contributed by atoms with van der Waals surface area (Å²) in [5, 5.41) is 5.13. The van der Waals surface area contributed by atoms with Crippen LogP contribution in [0.15, 0.2) is 65.1 Å². The highest BCUT2D eigenvalue weighted by Gasteiger charge is 2.15. The number of nitrogens with one attached hydrogen (secondary N) is 3. The van der Waals surface area contributed by atoms with Crippen LogP contribution in [0, 0.1) is 0 Å². The Morgan fingerprint density at radius 3 is 1.81 bits per heavy atom. The first-order valence-corrected chi connectivity index (χ1v) is 10.5. The molecule has 0 aliphatic carbocycles. The number of anilines is 2. The first-order chi connectivity index (χ1) is 14.5. The van der Waals surface area contributed by atoms with E-state index in [2.05, 4.69) is 10.6 Å². The molecule has 31 heavy (non-hydrogen) atoms. The summed E-state index contributed by atoms with van der Waals surface area (Å²) in [6, 6.07) is 11.5. The summed E-state index contributed by atoms with van der Waals surface area (Å²) >= 11 is 0. The van der Waals surface area contributed by atoms with Crippen molar-refractivity contribution in [3.05, 3.63) is 65.7 Å². The zero-order chi connectivity index (χ0) is 23.2. The molecule has 0 fully saturated rings. The van der Waals surface area contributed by atoms with Crippen LogP contribution < -0.4 is 15.4 Å². The molecule has 2 rings (SSSR count). The first-order valence-electron chi connectivity index (χ1n) is 9.03. The molecule has 0 aliphatic rings. The van der Waals surface area contributed by atoms with Crippen LogP contribution in [-0.4, -0.2) is 31.9 Å². The molecule has 0 heterocycles. The minimum atomic E-state index is -3.97. The normalized spacial score (nSPS) is 11.4. The van der Waals surface area contributed by atoms with Crippen molar-refractivity contribution in [1.82, 2.24) is 4.72 Å². The van der Waals surface area contributed by atoms with Crippen molar-refractivity contribution in [1.29, 1.82) is 0 Å². The topological polar surface area (TPSA) is 139 Å². The van der Waals surface area contributed by atoms with E-state index in [-0.39, 0.29) is 16.3 Å². The van der Waals surface area contributed by atoms with Gasteiger partial charge in [0.1, 0.15) is 0 Å². The van der Waals surface area contributed by atoms with Gasteiger partial charge < -0.3 is 10.6 Å². The molecule has 162 valence electrons. The standard InChI is InChI=1S/C21H21N3O6S/c1-13(21(28)23-18-6-4-16(5-7-18)14(2)25)12-20(27)22-17-8-10-19(11-9-17)31(29,30)24-15(3)26/h4-12H,1-3H3,(H,22,27)(H,23,28)(H,24,26)/b13-12-. The van der Waals surface area contributed by atoms with Crippen LogP contribution in [0.1, 0.15) is 31.1 Å². The molecule has 0 unspecified atom stereocenters. The van der Waals surface area contributed by atoms with Gasteiger partial charge in [0.25, 0.3) is 15.9 Å². The summed E-state index contributed by atoms with van der Waals surface area (Å²) in [5.74, 6) is -1.89. The van der Waals surface area contributed by atoms with Crippen molar-refractivity contribution in [3.8, 4) is 0 Å². The van der Waals surface area contributed by atoms with Crippen LogP contribution in [-0.2, 0) is 24.4 Å². The maximum Gasteiger partial charge on any atom is 0.264 e. The number of sulfonamides is 1. The van der Waals surface area contributed by atoms with Gasteiger partial charge in [-0.25, -0.2) is 13.1 Å². The number of carbonyl (C=O) groups is 4. The minimum absolute atomic E-state index is 0.0913. The van der Waals surface area contributed by atoms with Crippen molar-refractivity contribution < 1.29 is 27.6 Å². The number of hydrogen-bond donors (Lipinski definition) is 3. The third kappa shape index (κ3) is 6.89. The van der Waals surface area contributed by atoms with Crippen LogP contribution in [0.4, 0.5) is 11.4 Å². The van der Waals surface area contributed by atoms with E-state index < -0.39 is 27.7 Å². The maximum absolute atomic E-state index is 12.2. The Kier molecular flexibility index (Phi) is 7.43. The van der Waals surface area contributed by atoms with E-state index in [4.69, 9.17) is 0 Å². The van der Waals surface area contributed by atoms with Crippen LogP contribution in [0.25, 0.3) is 0 Å². The summed E-state index contributed by atoms with van der Waals surface area (Å²) < 4.78 is 25.7. The second-order valence-corrected chi connectivity index (χ2v) is 8.27. The van der Waals surface area contributed by atoms with E-state index in [1.165, 1.54) is 38.1 Å². The molecule has 0 spiro atoms. The zero-order valence-corrected chi connectivity index (χ0v) is 17.9. The van der Waals surface area contributed by atoms with Crippen LogP contribution in [0.2, 0.25) is 0 Å². The Balaban J connectivity index is 2.00. The lowest BCUT2D eigenvalue weighted by molar-refractivity contribution is -0.117. The molecule has 0 bridgehead atoms. The second kappa shape index (κ2) is 9.81. The monoisotopic (exact) mass is 443 g/mol. The Labute approximate surface area is 179 Å². The lowest BCUT2D eigenvalue weighted by atomic mass is 10.1. The lowest BCUT2D eigenvalue weighted by Gasteiger charge is -2.08. The van der Waals surface area contributed by atoms with Gasteiger partial charge in [0.05, 0.1) is 4.90 Å². The predicted molar refractivity (Wildman–Crippen MR) is 115 cm³/mol. The highest BCUT2D eigenvalue weighted by Crippen LogP contribution is 2.15. The van der Waals surface area contributed by atoms with Gasteiger partial charge in [-0.05, 0) is 62.4 Å². The van der Waals surface area contributed by atoms with E-state index in [1.807, 2.05) is 4.72 Å². The van der Waals surface area contributed by atoms with Crippen LogP contribution in [0.5, 0.6) is 0 Å². The number of amides is 3. The smallest absolute Gasteiger partial charge is 0.264 e. The molecule has 3 N–H and O–H groups in total. The largest absolute Gasteiger partial charge is 0.323 e. The Bertz CT molecular complexity index is 1150. The average molecular weight is 443 g/mol. The number of hydrogen-bond acceptors (Lipinski definition) is 6. The minimum Gasteiger partial charge on any atom is -0.323 e. The summed E-state index contributed by atoms with van der Waals surface area (Å²) in [5.41, 5.74) is 1.42. The van der Waals surface area contributed by atoms with Crippen LogP contribution in [0.3, 0.4) is 0 Å². The van der Waals surface area contributed by atoms with Crippen molar-refractivity contribution >= 4 is 44.9 Å². The summed E-state index contributed by atoms with van der Waals surface area (Å²) in [6.07, 6.45) is 1.10. The quantitative estimate of drug-likeness (QED) is 0.443. The molecule has 0 saturated heterocycles. The molecule has 3 amide bonds. The van der Waals surface area contributed by atoms with Gasteiger partial charge in [0.2, 0.25) is 11.8 Å². The first kappa shape index (κ1) is 23.5. The molecule has 0 atom stereocenters. The zero-order valence-electron chi connectivity index (χ0n) is 17.1. The number of carbonyl (C=O) groups excluding carboxylic acids is 4. The number of benzene rings is 2. The van der Waals surface area contributed by atoms with Gasteiger partial charge in [-0.15, -0.1) is 0 Å². The van der Waals surface area contributed by atoms with Crippen molar-refractivity contribution in [3.63, 3.8) is 0 Å². The fraction of sp³-hybridized carbons (Fsp3) is 0.143. The van der Waals surface area contributed by atoms with E-state index in [0.29, 0.717) is 16.9 Å². The number of ketones is 1. The van der Waals surface area contributed by atoms with Crippen LogP contribution >= 0.6 is 0 Å². The molecular formula is C21H21N3O6S. The maximum atomic E-state index is 12.2. The van der Waals surface area contributed by atoms with E-state index >= 15 is 0 Å². The fourth-order valence-electron chi connectivity index (χ4n) is 2.42. The molecule has 2 aromatic rings. The summed E-state index contributed by atoms with van der Waals surface area (Å²) in [7, 11) is -3.97. The highest BCUT2D eigenvalue weighted by molar-refractivity contribution is 7.90. The lowest BCUT2D eigenvalue weighted by Crippen LogP contribution is -2.28. The van der Waals surface area contributed by atoms with Gasteiger partial charge in [-0.3, -0.25) is 19.2 Å². The molecule has 0 aromatic heterocycles. The van der Waals surface area contributed by atoms with Crippen molar-refractivity contribution in [2.45, 2.75) is 25.7 Å². The predicted octanol–water partition coefficient (Wildman–Crippen LogP) is 2.24. The Morgan fingerprint density at radius 2 is 1.29 bits per heavy atom. The molecule has 2 aromatic carbocycles. The molecule has 0 radical (unpaired) electrons. The van der Waals surface area contributed by atoms with Gasteiger partial charge in [-0.1, -0.05) is 0 Å². The fourth-order valence-corrected chi connectivity index (χ4v) is 3.41. The van der Waals surface area contributed by atoms with Crippen molar-refractivity contribution in [2.75, 3.05) is 10.6 Å². The third-order valence-corrected chi connectivity index (χ3v) is 5.41. The molecule has 0 saturated carbocycles. The molecular weight excluding hydrogens is 422 g/mol. The van der Waals surface area contributed by atoms with Gasteiger partial charge >= 0.3 is 0 Å². The van der Waals surface area contributed by atoms with Crippen molar-refractivity contribution in [2.24, 2.45) is 0 Å². The Hall–Kier alpha value is -3.79. The number of rotatable bonds is 7. The van der Waals surface area contributed by atoms with Gasteiger partial charge in [0.15, 0.2) is 5.78 Å². The summed E-state index contributed by atoms with van der Waals surface area (Å²) in [6.45, 7) is 3.98. The highest BCUT2D eigenvalue weighted by atomic mass is 32.2. The number of Topliss-reactive ketones (excluding diaryl/α,β-unsaturated/α-hetero) is 1. The Morgan fingerprint density at radius 1 is 0.774 bits per heavy atom. The van der Waals surface area contributed by atoms with E-state index in [9.17, 15) is 27.6 Å². The summed E-state index contributed by atoms with van der Waals surface area (Å²) in [4.78, 5) is 46.5. The average Bonchev–Trinajstić information content (AvgIpc) is 2.67. The SMILES string of the molecule is CC(=O)NS(=O)(=O)c1ccc(NC(=O)/C=C(/C)C(=O)Nc2ccc(C(C)=O)cc2)cc1.